The van der Waals surface area contributed by atoms with E-state index in [9.17, 15) is 14.4 Å². The lowest BCUT2D eigenvalue weighted by Crippen LogP contribution is -2.47. The summed E-state index contributed by atoms with van der Waals surface area (Å²) in [6.45, 7) is 1.26. The number of para-hydroxylation sites is 1. The molecule has 2 saturated heterocycles. The van der Waals surface area contributed by atoms with Crippen LogP contribution in [0.2, 0.25) is 5.02 Å². The number of carbonyl (C=O) groups is 3. The van der Waals surface area contributed by atoms with Gasteiger partial charge in [0.1, 0.15) is 17.9 Å². The monoisotopic (exact) mass is 469 g/mol. The molecule has 1 atom stereocenters. The highest BCUT2D eigenvalue weighted by molar-refractivity contribution is 6.31. The van der Waals surface area contributed by atoms with Crippen molar-refractivity contribution in [1.29, 1.82) is 0 Å². The third kappa shape index (κ3) is 4.23. The first-order valence-electron chi connectivity index (χ1n) is 11.0. The maximum Gasteiger partial charge on any atom is 0.415 e. The third-order valence-electron chi connectivity index (χ3n) is 6.45. The molecule has 3 aliphatic rings. The lowest BCUT2D eigenvalue weighted by Gasteiger charge is -2.31. The fourth-order valence-electron chi connectivity index (χ4n) is 4.69. The van der Waals surface area contributed by atoms with E-state index in [4.69, 9.17) is 21.1 Å². The highest BCUT2D eigenvalue weighted by Gasteiger charge is 2.46. The van der Waals surface area contributed by atoms with Crippen molar-refractivity contribution in [1.82, 2.24) is 4.90 Å². The van der Waals surface area contributed by atoms with Crippen LogP contribution in [0.4, 0.5) is 16.2 Å². The van der Waals surface area contributed by atoms with Crippen LogP contribution < -0.4 is 14.5 Å². The Morgan fingerprint density at radius 3 is 2.70 bits per heavy atom. The molecular formula is C24H24ClN3O5. The third-order valence-corrected chi connectivity index (χ3v) is 6.68. The van der Waals surface area contributed by atoms with E-state index in [-0.39, 0.29) is 31.1 Å². The molecule has 0 aliphatic carbocycles. The number of rotatable bonds is 3. The number of ether oxygens (including phenoxy) is 2. The van der Waals surface area contributed by atoms with E-state index >= 15 is 0 Å². The average molecular weight is 470 g/mol. The standard InChI is InChI=1S/C24H24ClN3O5/c25-17-7-8-20-19(13-17)27(22(30)15-32-20)14-21(29)26-11-4-9-24(10-12-26)16-28(23(31)33-24)18-5-2-1-3-6-18/h1-3,5-8,13H,4,9-12,14-16H2/t24-/m0/s1. The molecule has 0 N–H and O–H groups in total. The SMILES string of the molecule is O=C(CN1C(=O)COc2ccc(Cl)cc21)N1CCC[C@]2(CC1)CN(c1ccccc1)C(=O)O2. The van der Waals surface area contributed by atoms with Crippen LogP contribution in [0, 0.1) is 0 Å². The second kappa shape index (κ2) is 8.59. The predicted octanol–water partition coefficient (Wildman–Crippen LogP) is 3.47. The van der Waals surface area contributed by atoms with E-state index in [1.165, 1.54) is 4.90 Å². The quantitative estimate of drug-likeness (QED) is 0.687. The molecule has 3 heterocycles. The Morgan fingerprint density at radius 1 is 1.06 bits per heavy atom. The summed E-state index contributed by atoms with van der Waals surface area (Å²) in [5, 5.41) is 0.465. The van der Waals surface area contributed by atoms with Crippen LogP contribution in [0.1, 0.15) is 19.3 Å². The van der Waals surface area contributed by atoms with Gasteiger partial charge in [-0.2, -0.15) is 0 Å². The summed E-state index contributed by atoms with van der Waals surface area (Å²) < 4.78 is 11.3. The highest BCUT2D eigenvalue weighted by Crippen LogP contribution is 2.37. The first-order valence-corrected chi connectivity index (χ1v) is 11.4. The van der Waals surface area contributed by atoms with Gasteiger partial charge in [-0.1, -0.05) is 29.8 Å². The number of anilines is 2. The fourth-order valence-corrected chi connectivity index (χ4v) is 4.86. The number of carbonyl (C=O) groups excluding carboxylic acids is 3. The van der Waals surface area contributed by atoms with Crippen LogP contribution in [-0.2, 0) is 14.3 Å². The van der Waals surface area contributed by atoms with Crippen molar-refractivity contribution in [2.75, 3.05) is 42.6 Å². The Labute approximate surface area is 196 Å². The van der Waals surface area contributed by atoms with Crippen LogP contribution in [0.25, 0.3) is 0 Å². The van der Waals surface area contributed by atoms with Gasteiger partial charge < -0.3 is 14.4 Å². The van der Waals surface area contributed by atoms with Gasteiger partial charge in [-0.25, -0.2) is 4.79 Å². The Bertz CT molecular complexity index is 1090. The van der Waals surface area contributed by atoms with E-state index in [1.54, 1.807) is 28.0 Å². The van der Waals surface area contributed by atoms with Crippen LogP contribution in [-0.4, -0.2) is 61.2 Å². The van der Waals surface area contributed by atoms with Crippen LogP contribution in [0.5, 0.6) is 5.75 Å². The predicted molar refractivity (Wildman–Crippen MR) is 123 cm³/mol. The van der Waals surface area contributed by atoms with Gasteiger partial charge in [0.15, 0.2) is 6.61 Å². The van der Waals surface area contributed by atoms with Crippen molar-refractivity contribution in [3.05, 3.63) is 53.6 Å². The number of amides is 3. The van der Waals surface area contributed by atoms with Crippen LogP contribution in [0.3, 0.4) is 0 Å². The Kier molecular flexibility index (Phi) is 5.62. The van der Waals surface area contributed by atoms with Gasteiger partial charge >= 0.3 is 6.09 Å². The number of fused-ring (bicyclic) bond motifs is 1. The second-order valence-corrected chi connectivity index (χ2v) is 9.02. The second-order valence-electron chi connectivity index (χ2n) is 8.59. The number of hydrogen-bond donors (Lipinski definition) is 0. The number of nitrogens with zero attached hydrogens (tertiary/aromatic N) is 3. The molecule has 33 heavy (non-hydrogen) atoms. The minimum Gasteiger partial charge on any atom is -0.482 e. The molecule has 0 unspecified atom stereocenters. The molecule has 0 saturated carbocycles. The van der Waals surface area contributed by atoms with Crippen molar-refractivity contribution < 1.29 is 23.9 Å². The van der Waals surface area contributed by atoms with Gasteiger partial charge in [0.05, 0.1) is 12.2 Å². The Balaban J connectivity index is 1.26. The van der Waals surface area contributed by atoms with E-state index < -0.39 is 5.60 Å². The summed E-state index contributed by atoms with van der Waals surface area (Å²) >= 11 is 6.10. The summed E-state index contributed by atoms with van der Waals surface area (Å²) in [7, 11) is 0. The topological polar surface area (TPSA) is 79.4 Å². The number of halogens is 1. The smallest absolute Gasteiger partial charge is 0.415 e. The van der Waals surface area contributed by atoms with Gasteiger partial charge in [0, 0.05) is 30.2 Å². The molecule has 0 aromatic heterocycles. The van der Waals surface area contributed by atoms with Gasteiger partial charge in [-0.05, 0) is 43.2 Å². The molecule has 3 amide bonds. The molecule has 1 spiro atoms. The maximum atomic E-state index is 13.2. The normalized spacial score (nSPS) is 22.6. The van der Waals surface area contributed by atoms with Crippen LogP contribution in [0.15, 0.2) is 48.5 Å². The van der Waals surface area contributed by atoms with Gasteiger partial charge in [-0.15, -0.1) is 0 Å². The van der Waals surface area contributed by atoms with Gasteiger partial charge in [0.25, 0.3) is 5.91 Å². The largest absolute Gasteiger partial charge is 0.482 e. The minimum absolute atomic E-state index is 0.0849. The van der Waals surface area contributed by atoms with Crippen molar-refractivity contribution in [3.8, 4) is 5.75 Å². The van der Waals surface area contributed by atoms with Crippen molar-refractivity contribution in [2.45, 2.75) is 24.9 Å². The summed E-state index contributed by atoms with van der Waals surface area (Å²) in [6, 6.07) is 14.5. The lowest BCUT2D eigenvalue weighted by atomic mass is 9.95. The van der Waals surface area contributed by atoms with E-state index in [0.29, 0.717) is 55.4 Å². The molecule has 9 heteroatoms. The van der Waals surface area contributed by atoms with Gasteiger partial charge in [0.2, 0.25) is 5.91 Å². The van der Waals surface area contributed by atoms with Crippen molar-refractivity contribution in [2.24, 2.45) is 0 Å². The molecule has 5 rings (SSSR count). The molecule has 172 valence electrons. The molecule has 2 fully saturated rings. The highest BCUT2D eigenvalue weighted by atomic mass is 35.5. The first kappa shape index (κ1) is 21.6. The summed E-state index contributed by atoms with van der Waals surface area (Å²) in [4.78, 5) is 43.1. The molecule has 2 aromatic rings. The van der Waals surface area contributed by atoms with Crippen LogP contribution >= 0.6 is 11.6 Å². The van der Waals surface area contributed by atoms with Crippen molar-refractivity contribution in [3.63, 3.8) is 0 Å². The number of benzene rings is 2. The molecular weight excluding hydrogens is 446 g/mol. The molecule has 0 bridgehead atoms. The van der Waals surface area contributed by atoms with E-state index in [0.717, 1.165) is 5.69 Å². The maximum absolute atomic E-state index is 13.2. The summed E-state index contributed by atoms with van der Waals surface area (Å²) in [6.07, 6.45) is 1.59. The number of likely N-dealkylation sites (tertiary alicyclic amines) is 1. The molecule has 0 radical (unpaired) electrons. The first-order chi connectivity index (χ1) is 15.9. The lowest BCUT2D eigenvalue weighted by molar-refractivity contribution is -0.132. The molecule has 3 aliphatic heterocycles. The van der Waals surface area contributed by atoms with Gasteiger partial charge in [-0.3, -0.25) is 19.4 Å². The fraction of sp³-hybridized carbons (Fsp3) is 0.375. The number of hydrogen-bond acceptors (Lipinski definition) is 5. The molecule has 8 nitrogen and oxygen atoms in total. The zero-order valence-electron chi connectivity index (χ0n) is 18.0. The Morgan fingerprint density at radius 2 is 1.88 bits per heavy atom. The Hall–Kier alpha value is -3.26. The summed E-state index contributed by atoms with van der Waals surface area (Å²) in [5.41, 5.74) is 0.693. The summed E-state index contributed by atoms with van der Waals surface area (Å²) in [5.74, 6) is 0.0885. The molecule has 2 aromatic carbocycles. The van der Waals surface area contributed by atoms with Crippen molar-refractivity contribution >= 4 is 40.9 Å². The van der Waals surface area contributed by atoms with E-state index in [1.807, 2.05) is 30.3 Å². The average Bonchev–Trinajstić information content (AvgIpc) is 3.00. The zero-order chi connectivity index (χ0) is 23.0. The zero-order valence-corrected chi connectivity index (χ0v) is 18.8. The van der Waals surface area contributed by atoms with E-state index in [2.05, 4.69) is 0 Å². The minimum atomic E-state index is -0.614.